The molecular weight excluding hydrogens is 873 g/mol. The van der Waals surface area contributed by atoms with Gasteiger partial charge in [0.2, 0.25) is 29.5 Å². The number of hydrogen-bond acceptors (Lipinski definition) is 15. The normalized spacial score (nSPS) is 11.0. The van der Waals surface area contributed by atoms with Crippen molar-refractivity contribution in [1.29, 1.82) is 0 Å². The number of nitrogens with one attached hydrogen (secondary N) is 3. The average molecular weight is 935 g/mol. The summed E-state index contributed by atoms with van der Waals surface area (Å²) in [5.74, 6) is -8.39. The van der Waals surface area contributed by atoms with Gasteiger partial charge in [-0.3, -0.25) is 53.1 Å². The van der Waals surface area contributed by atoms with Gasteiger partial charge in [0.1, 0.15) is 6.54 Å². The fraction of sp³-hybridized carbons (Fsp3) is 0.548. The van der Waals surface area contributed by atoms with Crippen molar-refractivity contribution in [1.82, 2.24) is 40.3 Å². The molecule has 0 saturated carbocycles. The van der Waals surface area contributed by atoms with E-state index in [0.29, 0.717) is 55.4 Å². The largest absolute Gasteiger partial charge is 0.492 e. The Balaban J connectivity index is 1.79. The van der Waals surface area contributed by atoms with Crippen molar-refractivity contribution in [2.45, 2.75) is 58.3 Å². The third-order valence-electron chi connectivity index (χ3n) is 9.64. The number of amides is 4. The molecule has 1 heterocycles. The van der Waals surface area contributed by atoms with Crippen LogP contribution in [0.5, 0.6) is 11.8 Å². The average Bonchev–Trinajstić information content (AvgIpc) is 3.55. The zero-order valence-electron chi connectivity index (χ0n) is 37.0. The molecule has 366 valence electrons. The standard InChI is InChI=1S/C42H62N8O16/c1-30-9-8-10-31(23-30)42(65)45-17-6-7-18-49(29-40(62)63)36(55)25-48(28-39(60)61)22-20-46(26-37(56)57)19-21-47(27-38(58)59)24-33(52)44-16-5-4-15-43-32(51)11-2-3-12-41(64)66-50-34(53)13-14-35(50)54/h8-10,13-14,23,53-54H,2-7,11-12,15-22,24-29H2,1H3,(H,43,51)(H,44,52)(H,45,65)(H,56,57)(H,58,59)(H,60,61)(H,62,63). The van der Waals surface area contributed by atoms with Crippen LogP contribution in [-0.4, -0.2) is 200 Å². The number of aromatic nitrogens is 1. The molecule has 0 aliphatic carbocycles. The second kappa shape index (κ2) is 30.4. The molecule has 66 heavy (non-hydrogen) atoms. The number of hydrogen-bond donors (Lipinski definition) is 9. The van der Waals surface area contributed by atoms with Gasteiger partial charge in [0.25, 0.3) is 5.91 Å². The summed E-state index contributed by atoms with van der Waals surface area (Å²) in [4.78, 5) is 119. The SMILES string of the molecule is Cc1cccc(C(=O)NCCCCN(CC(=O)O)C(=O)CN(CCN(CCN(CC(=O)O)CC(=O)NCCCCNC(=O)CCCCC(=O)On2c(O)ccc2O)CC(=O)O)CC(=O)O)c1. The maximum atomic E-state index is 13.3. The molecule has 0 bridgehead atoms. The summed E-state index contributed by atoms with van der Waals surface area (Å²) in [6.07, 6.45) is 2.51. The fourth-order valence-electron chi connectivity index (χ4n) is 6.35. The minimum absolute atomic E-state index is 0.00610. The highest BCUT2D eigenvalue weighted by Crippen LogP contribution is 2.19. The molecule has 2 rings (SSSR count). The van der Waals surface area contributed by atoms with E-state index in [0.717, 1.165) is 22.6 Å². The number of benzene rings is 1. The predicted molar refractivity (Wildman–Crippen MR) is 232 cm³/mol. The number of nitrogens with zero attached hydrogens (tertiary/aromatic N) is 5. The lowest BCUT2D eigenvalue weighted by Gasteiger charge is -2.29. The summed E-state index contributed by atoms with van der Waals surface area (Å²) in [7, 11) is 0. The van der Waals surface area contributed by atoms with Crippen molar-refractivity contribution in [3.05, 3.63) is 47.5 Å². The van der Waals surface area contributed by atoms with Gasteiger partial charge in [-0.2, -0.15) is 0 Å². The zero-order valence-corrected chi connectivity index (χ0v) is 37.0. The summed E-state index contributed by atoms with van der Waals surface area (Å²) >= 11 is 0. The van der Waals surface area contributed by atoms with E-state index in [2.05, 4.69) is 16.0 Å². The van der Waals surface area contributed by atoms with E-state index in [9.17, 15) is 73.8 Å². The Morgan fingerprint density at radius 2 is 1.05 bits per heavy atom. The van der Waals surface area contributed by atoms with Crippen LogP contribution in [-0.2, 0) is 38.4 Å². The molecule has 9 N–H and O–H groups in total. The summed E-state index contributed by atoms with van der Waals surface area (Å²) in [5.41, 5.74) is 1.40. The number of aromatic hydroxyl groups is 2. The van der Waals surface area contributed by atoms with Crippen molar-refractivity contribution >= 4 is 53.5 Å². The fourth-order valence-corrected chi connectivity index (χ4v) is 6.35. The van der Waals surface area contributed by atoms with Gasteiger partial charge in [0, 0.05) is 82.9 Å². The molecule has 0 aliphatic heterocycles. The minimum atomic E-state index is -1.30. The first-order chi connectivity index (χ1) is 31.3. The molecule has 0 fully saturated rings. The van der Waals surface area contributed by atoms with Gasteiger partial charge >= 0.3 is 29.8 Å². The van der Waals surface area contributed by atoms with Gasteiger partial charge in [-0.1, -0.05) is 17.7 Å². The number of rotatable bonds is 35. The van der Waals surface area contributed by atoms with Crippen LogP contribution in [0.15, 0.2) is 36.4 Å². The van der Waals surface area contributed by atoms with Gasteiger partial charge in [-0.05, 0) is 57.6 Å². The van der Waals surface area contributed by atoms with E-state index in [1.807, 2.05) is 13.0 Å². The molecule has 0 atom stereocenters. The Hall–Kier alpha value is -6.79. The molecule has 2 aromatic rings. The van der Waals surface area contributed by atoms with Crippen LogP contribution in [0.2, 0.25) is 0 Å². The third-order valence-corrected chi connectivity index (χ3v) is 9.64. The first-order valence-corrected chi connectivity index (χ1v) is 21.3. The Bertz CT molecular complexity index is 1920. The molecule has 24 heteroatoms. The van der Waals surface area contributed by atoms with Crippen LogP contribution >= 0.6 is 0 Å². The summed E-state index contributed by atoms with van der Waals surface area (Å²) in [6.45, 7) is -0.933. The van der Waals surface area contributed by atoms with Gasteiger partial charge in [0.05, 0.1) is 32.7 Å². The molecule has 24 nitrogen and oxygen atoms in total. The highest BCUT2D eigenvalue weighted by atomic mass is 16.7. The van der Waals surface area contributed by atoms with E-state index in [4.69, 9.17) is 4.84 Å². The van der Waals surface area contributed by atoms with Crippen molar-refractivity contribution in [3.8, 4) is 11.8 Å². The lowest BCUT2D eigenvalue weighted by Crippen LogP contribution is -2.48. The molecule has 0 radical (unpaired) electrons. The molecule has 0 saturated heterocycles. The second-order valence-electron chi connectivity index (χ2n) is 15.3. The van der Waals surface area contributed by atoms with E-state index in [1.54, 1.807) is 18.2 Å². The number of carboxylic acids is 4. The first-order valence-electron chi connectivity index (χ1n) is 21.3. The summed E-state index contributed by atoms with van der Waals surface area (Å²) in [6, 6.07) is 9.31. The number of carbonyl (C=O) groups is 9. The summed E-state index contributed by atoms with van der Waals surface area (Å²) < 4.78 is 0.578. The predicted octanol–water partition coefficient (Wildman–Crippen LogP) is -0.981. The summed E-state index contributed by atoms with van der Waals surface area (Å²) in [5, 5.41) is 65.3. The molecule has 0 spiro atoms. The second-order valence-corrected chi connectivity index (χ2v) is 15.3. The molecule has 1 aromatic carbocycles. The Morgan fingerprint density at radius 3 is 1.62 bits per heavy atom. The van der Waals surface area contributed by atoms with Crippen molar-refractivity contribution < 1.29 is 78.6 Å². The van der Waals surface area contributed by atoms with Crippen LogP contribution in [0.3, 0.4) is 0 Å². The Kier molecular flexibility index (Phi) is 25.5. The van der Waals surface area contributed by atoms with Crippen LogP contribution in [0, 0.1) is 6.92 Å². The van der Waals surface area contributed by atoms with E-state index in [-0.39, 0.29) is 77.0 Å². The van der Waals surface area contributed by atoms with E-state index >= 15 is 0 Å². The van der Waals surface area contributed by atoms with Gasteiger partial charge in [-0.15, -0.1) is 4.73 Å². The van der Waals surface area contributed by atoms with Crippen LogP contribution < -0.4 is 20.8 Å². The molecular formula is C42H62N8O16. The zero-order chi connectivity index (χ0) is 49.0. The number of unbranched alkanes of at least 4 members (excludes halogenated alkanes) is 3. The van der Waals surface area contributed by atoms with E-state index in [1.165, 1.54) is 14.7 Å². The lowest BCUT2D eigenvalue weighted by molar-refractivity contribution is -0.146. The van der Waals surface area contributed by atoms with Crippen LogP contribution in [0.1, 0.15) is 67.3 Å². The highest BCUT2D eigenvalue weighted by molar-refractivity contribution is 5.94. The number of aryl methyl sites for hydroxylation is 1. The number of carbonyl (C=O) groups excluding carboxylic acids is 5. The van der Waals surface area contributed by atoms with Gasteiger partial charge < -0.3 is 56.3 Å². The number of carboxylic acid groups (broad SMARTS) is 4. The van der Waals surface area contributed by atoms with Gasteiger partial charge in [-0.25, -0.2) is 4.79 Å². The Morgan fingerprint density at radius 1 is 0.545 bits per heavy atom. The van der Waals surface area contributed by atoms with Crippen molar-refractivity contribution in [2.75, 3.05) is 91.6 Å². The van der Waals surface area contributed by atoms with Crippen LogP contribution in [0.25, 0.3) is 0 Å². The first kappa shape index (κ1) is 55.3. The molecule has 0 aliphatic rings. The van der Waals surface area contributed by atoms with Crippen molar-refractivity contribution in [2.24, 2.45) is 0 Å². The van der Waals surface area contributed by atoms with Crippen molar-refractivity contribution in [3.63, 3.8) is 0 Å². The maximum absolute atomic E-state index is 13.3. The number of aliphatic carboxylic acids is 4. The monoisotopic (exact) mass is 934 g/mol. The lowest BCUT2D eigenvalue weighted by atomic mass is 10.1. The van der Waals surface area contributed by atoms with Crippen LogP contribution in [0.4, 0.5) is 0 Å². The smallest absolute Gasteiger partial charge is 0.333 e. The Labute approximate surface area is 381 Å². The van der Waals surface area contributed by atoms with E-state index < -0.39 is 86.1 Å². The molecule has 4 amide bonds. The topological polar surface area (TPSA) is 338 Å². The molecule has 1 aromatic heterocycles. The minimum Gasteiger partial charge on any atom is -0.492 e. The highest BCUT2D eigenvalue weighted by Gasteiger charge is 2.23. The quantitative estimate of drug-likeness (QED) is 0.0375. The maximum Gasteiger partial charge on any atom is 0.333 e. The molecule has 0 unspecified atom stereocenters. The third kappa shape index (κ3) is 24.3. The van der Waals surface area contributed by atoms with Gasteiger partial charge in [0.15, 0.2) is 0 Å².